The van der Waals surface area contributed by atoms with Gasteiger partial charge in [0.05, 0.1) is 0 Å². The zero-order valence-electron chi connectivity index (χ0n) is 13.9. The van der Waals surface area contributed by atoms with Crippen LogP contribution in [0.5, 0.6) is 0 Å². The molecule has 0 radical (unpaired) electrons. The van der Waals surface area contributed by atoms with E-state index in [0.29, 0.717) is 16.4 Å². The first-order valence-corrected chi connectivity index (χ1v) is 7.94. The minimum Gasteiger partial charge on any atom is -0.618 e. The van der Waals surface area contributed by atoms with E-state index in [1.54, 1.807) is 12.1 Å². The van der Waals surface area contributed by atoms with Crippen molar-refractivity contribution in [3.63, 3.8) is 0 Å². The molecule has 7 nitrogen and oxygen atoms in total. The van der Waals surface area contributed by atoms with E-state index in [9.17, 15) is 10.0 Å². The standard InChI is InChI=1S/C18H18N4O3/c1-12(2)15(19-17(23)14-10-6-7-11-22(14)24)18-20-16(21-25-18)13-8-4-3-5-9-13/h3-12,15H,1-2H3,(H,19,23)/t15-/m1/s1. The molecule has 0 aliphatic heterocycles. The number of nitrogens with one attached hydrogen (secondary N) is 1. The topological polar surface area (TPSA) is 95.0 Å². The zero-order valence-corrected chi connectivity index (χ0v) is 13.9. The van der Waals surface area contributed by atoms with Crippen LogP contribution in [0.1, 0.15) is 36.3 Å². The summed E-state index contributed by atoms with van der Waals surface area (Å²) in [4.78, 5) is 16.8. The number of pyridine rings is 1. The molecular weight excluding hydrogens is 320 g/mol. The van der Waals surface area contributed by atoms with Crippen molar-refractivity contribution in [3.8, 4) is 11.4 Å². The third-order valence-corrected chi connectivity index (χ3v) is 3.75. The maximum Gasteiger partial charge on any atom is 0.318 e. The first kappa shape index (κ1) is 16.6. The Labute approximate surface area is 144 Å². The lowest BCUT2D eigenvalue weighted by Gasteiger charge is -2.17. The molecule has 1 atom stereocenters. The lowest BCUT2D eigenvalue weighted by Crippen LogP contribution is -2.41. The molecule has 0 spiro atoms. The van der Waals surface area contributed by atoms with Gasteiger partial charge in [-0.25, -0.2) is 0 Å². The summed E-state index contributed by atoms with van der Waals surface area (Å²) >= 11 is 0. The number of carbonyl (C=O) groups is 1. The first-order chi connectivity index (χ1) is 12.1. The predicted molar refractivity (Wildman–Crippen MR) is 90.2 cm³/mol. The van der Waals surface area contributed by atoms with Gasteiger partial charge in [-0.1, -0.05) is 49.3 Å². The highest BCUT2D eigenvalue weighted by Crippen LogP contribution is 2.23. The largest absolute Gasteiger partial charge is 0.618 e. The summed E-state index contributed by atoms with van der Waals surface area (Å²) in [7, 11) is 0. The molecule has 0 saturated carbocycles. The minimum absolute atomic E-state index is 0.00293. The van der Waals surface area contributed by atoms with Crippen molar-refractivity contribution in [2.45, 2.75) is 19.9 Å². The van der Waals surface area contributed by atoms with Crippen molar-refractivity contribution in [1.29, 1.82) is 0 Å². The number of amides is 1. The van der Waals surface area contributed by atoms with Crippen molar-refractivity contribution in [2.24, 2.45) is 5.92 Å². The molecular formula is C18H18N4O3. The Balaban J connectivity index is 1.84. The van der Waals surface area contributed by atoms with Gasteiger partial charge in [-0.15, -0.1) is 0 Å². The van der Waals surface area contributed by atoms with Gasteiger partial charge in [-0.2, -0.15) is 9.71 Å². The molecule has 7 heteroatoms. The molecule has 25 heavy (non-hydrogen) atoms. The van der Waals surface area contributed by atoms with E-state index in [0.717, 1.165) is 5.56 Å². The average Bonchev–Trinajstić information content (AvgIpc) is 3.10. The van der Waals surface area contributed by atoms with E-state index < -0.39 is 11.9 Å². The fourth-order valence-electron chi connectivity index (χ4n) is 2.40. The van der Waals surface area contributed by atoms with Gasteiger partial charge in [0, 0.05) is 17.7 Å². The lowest BCUT2D eigenvalue weighted by atomic mass is 10.0. The van der Waals surface area contributed by atoms with Gasteiger partial charge in [-0.05, 0) is 12.0 Å². The Hall–Kier alpha value is -3.22. The Morgan fingerprint density at radius 2 is 1.88 bits per heavy atom. The number of hydrogen-bond acceptors (Lipinski definition) is 5. The smallest absolute Gasteiger partial charge is 0.318 e. The molecule has 3 rings (SSSR count). The van der Waals surface area contributed by atoms with Gasteiger partial charge in [0.25, 0.3) is 5.69 Å². The maximum absolute atomic E-state index is 12.4. The van der Waals surface area contributed by atoms with Crippen LogP contribution in [0.3, 0.4) is 0 Å². The second-order valence-corrected chi connectivity index (χ2v) is 5.93. The lowest BCUT2D eigenvalue weighted by molar-refractivity contribution is -0.607. The van der Waals surface area contributed by atoms with Crippen LogP contribution in [0.25, 0.3) is 11.4 Å². The van der Waals surface area contributed by atoms with Crippen molar-refractivity contribution in [3.05, 3.63) is 71.5 Å². The number of carbonyl (C=O) groups excluding carboxylic acids is 1. The molecule has 1 aromatic carbocycles. The number of rotatable bonds is 5. The van der Waals surface area contributed by atoms with Gasteiger partial charge in [0.2, 0.25) is 11.7 Å². The van der Waals surface area contributed by atoms with Crippen LogP contribution in [0.2, 0.25) is 0 Å². The molecule has 2 aromatic heterocycles. The van der Waals surface area contributed by atoms with E-state index >= 15 is 0 Å². The summed E-state index contributed by atoms with van der Waals surface area (Å²) in [5.74, 6) is 0.260. The third kappa shape index (κ3) is 3.65. The van der Waals surface area contributed by atoms with E-state index in [1.807, 2.05) is 44.2 Å². The second-order valence-electron chi connectivity index (χ2n) is 5.93. The van der Waals surface area contributed by atoms with Gasteiger partial charge in [0.15, 0.2) is 6.20 Å². The fraction of sp³-hybridized carbons (Fsp3) is 0.222. The van der Waals surface area contributed by atoms with Crippen molar-refractivity contribution >= 4 is 5.91 Å². The Bertz CT molecular complexity index is 862. The van der Waals surface area contributed by atoms with Crippen LogP contribution in [0.15, 0.2) is 59.3 Å². The fourth-order valence-corrected chi connectivity index (χ4v) is 2.40. The molecule has 128 valence electrons. The summed E-state index contributed by atoms with van der Waals surface area (Å²) in [6.45, 7) is 3.85. The Kier molecular flexibility index (Phi) is 4.74. The van der Waals surface area contributed by atoms with Gasteiger partial charge >= 0.3 is 5.91 Å². The molecule has 1 amide bonds. The molecule has 0 aliphatic rings. The van der Waals surface area contributed by atoms with Crippen LogP contribution in [-0.4, -0.2) is 16.0 Å². The highest BCUT2D eigenvalue weighted by molar-refractivity contribution is 5.91. The molecule has 0 saturated heterocycles. The second kappa shape index (κ2) is 7.12. The number of nitrogens with zero attached hydrogens (tertiary/aromatic N) is 3. The van der Waals surface area contributed by atoms with Crippen LogP contribution in [0.4, 0.5) is 0 Å². The first-order valence-electron chi connectivity index (χ1n) is 7.94. The van der Waals surface area contributed by atoms with Gasteiger partial charge in [0.1, 0.15) is 6.04 Å². The molecule has 0 unspecified atom stereocenters. The number of benzene rings is 1. The zero-order chi connectivity index (χ0) is 17.8. The van der Waals surface area contributed by atoms with Gasteiger partial charge in [-0.3, -0.25) is 4.79 Å². The van der Waals surface area contributed by atoms with Crippen LogP contribution in [-0.2, 0) is 0 Å². The van der Waals surface area contributed by atoms with Crippen molar-refractivity contribution in [1.82, 2.24) is 15.5 Å². The van der Waals surface area contributed by atoms with E-state index in [4.69, 9.17) is 4.52 Å². The molecule has 0 fully saturated rings. The normalized spacial score (nSPS) is 12.1. The highest BCUT2D eigenvalue weighted by atomic mass is 16.5. The van der Waals surface area contributed by atoms with Gasteiger partial charge < -0.3 is 15.0 Å². The van der Waals surface area contributed by atoms with E-state index in [2.05, 4.69) is 15.5 Å². The summed E-state index contributed by atoms with van der Waals surface area (Å²) in [6.07, 6.45) is 1.28. The molecule has 1 N–H and O–H groups in total. The quantitative estimate of drug-likeness (QED) is 0.570. The molecule has 0 bridgehead atoms. The van der Waals surface area contributed by atoms with Crippen LogP contribution >= 0.6 is 0 Å². The molecule has 2 heterocycles. The average molecular weight is 338 g/mol. The van der Waals surface area contributed by atoms with Crippen molar-refractivity contribution in [2.75, 3.05) is 0 Å². The highest BCUT2D eigenvalue weighted by Gasteiger charge is 2.27. The Morgan fingerprint density at radius 3 is 2.56 bits per heavy atom. The summed E-state index contributed by atoms with van der Waals surface area (Å²) in [5.41, 5.74) is 0.836. The predicted octanol–water partition coefficient (Wildman–Crippen LogP) is 2.50. The SMILES string of the molecule is CC(C)[C@@H](NC(=O)c1cccc[n+]1[O-])c1nc(-c2ccccc2)no1. The van der Waals surface area contributed by atoms with E-state index in [1.165, 1.54) is 12.3 Å². The summed E-state index contributed by atoms with van der Waals surface area (Å²) in [6, 6.07) is 13.6. The summed E-state index contributed by atoms with van der Waals surface area (Å²) in [5, 5.41) is 18.5. The molecule has 0 aliphatic carbocycles. The minimum atomic E-state index is -0.502. The third-order valence-electron chi connectivity index (χ3n) is 3.75. The number of aromatic nitrogens is 3. The van der Waals surface area contributed by atoms with E-state index in [-0.39, 0.29) is 11.6 Å². The summed E-state index contributed by atoms with van der Waals surface area (Å²) < 4.78 is 5.87. The Morgan fingerprint density at radius 1 is 1.16 bits per heavy atom. The number of hydrogen-bond donors (Lipinski definition) is 1. The van der Waals surface area contributed by atoms with Crippen LogP contribution < -0.4 is 10.0 Å². The maximum atomic E-state index is 12.4. The van der Waals surface area contributed by atoms with Crippen LogP contribution in [0, 0.1) is 11.1 Å². The molecule has 3 aromatic rings. The monoisotopic (exact) mass is 338 g/mol. The van der Waals surface area contributed by atoms with Crippen molar-refractivity contribution < 1.29 is 14.0 Å².